The summed E-state index contributed by atoms with van der Waals surface area (Å²) in [6, 6.07) is 3.86. The number of hydrogen-bond donors (Lipinski definition) is 1. The molecular formula is C16H21N5O. The number of nitrogens with one attached hydrogen (secondary N) is 1. The number of anilines is 2. The number of hydrogen-bond acceptors (Lipinski definition) is 4. The molecule has 0 unspecified atom stereocenters. The number of aromatic nitrogens is 3. The Morgan fingerprint density at radius 3 is 2.50 bits per heavy atom. The molecule has 1 aliphatic heterocycles. The Morgan fingerprint density at radius 2 is 1.95 bits per heavy atom. The molecule has 0 aromatic carbocycles. The second-order valence-electron chi connectivity index (χ2n) is 5.72. The number of rotatable bonds is 3. The third-order valence-electron chi connectivity index (χ3n) is 4.17. The van der Waals surface area contributed by atoms with Crippen LogP contribution in [-0.4, -0.2) is 33.8 Å². The van der Waals surface area contributed by atoms with Gasteiger partial charge in [-0.3, -0.25) is 9.48 Å². The van der Waals surface area contributed by atoms with Crippen LogP contribution in [0.2, 0.25) is 0 Å². The molecule has 1 saturated heterocycles. The Hall–Kier alpha value is -2.37. The normalized spacial score (nSPS) is 14.4. The minimum absolute atomic E-state index is 0.140. The summed E-state index contributed by atoms with van der Waals surface area (Å²) in [7, 11) is 1.84. The molecule has 0 spiro atoms. The third kappa shape index (κ3) is 2.68. The van der Waals surface area contributed by atoms with E-state index in [1.54, 1.807) is 10.9 Å². The maximum Gasteiger partial charge on any atom is 0.259 e. The van der Waals surface area contributed by atoms with Crippen molar-refractivity contribution < 1.29 is 4.79 Å². The van der Waals surface area contributed by atoms with Crippen LogP contribution in [0.4, 0.5) is 11.5 Å². The molecule has 3 heterocycles. The smallest absolute Gasteiger partial charge is 0.259 e. The number of aryl methyl sites for hydroxylation is 2. The van der Waals surface area contributed by atoms with Gasteiger partial charge in [0, 0.05) is 25.8 Å². The Balaban J connectivity index is 1.74. The van der Waals surface area contributed by atoms with Crippen molar-refractivity contribution in [3.63, 3.8) is 0 Å². The van der Waals surface area contributed by atoms with E-state index < -0.39 is 0 Å². The number of amides is 1. The quantitative estimate of drug-likeness (QED) is 0.944. The van der Waals surface area contributed by atoms with E-state index in [1.807, 2.05) is 33.0 Å². The summed E-state index contributed by atoms with van der Waals surface area (Å²) in [6.45, 7) is 5.86. The van der Waals surface area contributed by atoms with Gasteiger partial charge in [0.1, 0.15) is 5.82 Å². The predicted molar refractivity (Wildman–Crippen MR) is 86.3 cm³/mol. The largest absolute Gasteiger partial charge is 0.357 e. The van der Waals surface area contributed by atoms with E-state index in [0.717, 1.165) is 30.3 Å². The average molecular weight is 299 g/mol. The van der Waals surface area contributed by atoms with Crippen molar-refractivity contribution in [2.45, 2.75) is 26.7 Å². The zero-order chi connectivity index (χ0) is 15.7. The lowest BCUT2D eigenvalue weighted by molar-refractivity contribution is 0.102. The third-order valence-corrected chi connectivity index (χ3v) is 4.17. The SMILES string of the molecule is Cc1nn(C)c(C)c1C(=O)Nc1ccc(N2CCCC2)nc1. The van der Waals surface area contributed by atoms with Crippen molar-refractivity contribution in [2.75, 3.05) is 23.3 Å². The first-order valence-corrected chi connectivity index (χ1v) is 7.59. The molecule has 116 valence electrons. The molecule has 0 saturated carbocycles. The molecule has 0 radical (unpaired) electrons. The minimum Gasteiger partial charge on any atom is -0.357 e. The maximum absolute atomic E-state index is 12.4. The van der Waals surface area contributed by atoms with Crippen LogP contribution in [0.15, 0.2) is 18.3 Å². The molecule has 6 heteroatoms. The molecule has 2 aromatic heterocycles. The Labute approximate surface area is 130 Å². The lowest BCUT2D eigenvalue weighted by Gasteiger charge is -2.16. The standard InChI is InChI=1S/C16H21N5O/c1-11-15(12(2)20(3)19-11)16(22)18-13-6-7-14(17-10-13)21-8-4-5-9-21/h6-7,10H,4-5,8-9H2,1-3H3,(H,18,22). The van der Waals surface area contributed by atoms with E-state index in [9.17, 15) is 4.79 Å². The Kier molecular flexibility index (Phi) is 3.83. The van der Waals surface area contributed by atoms with Crippen molar-refractivity contribution in [3.05, 3.63) is 35.3 Å². The van der Waals surface area contributed by atoms with Crippen LogP contribution in [0, 0.1) is 13.8 Å². The summed E-state index contributed by atoms with van der Waals surface area (Å²) in [5, 5.41) is 7.17. The molecule has 1 N–H and O–H groups in total. The summed E-state index contributed by atoms with van der Waals surface area (Å²) < 4.78 is 1.72. The first-order chi connectivity index (χ1) is 10.6. The van der Waals surface area contributed by atoms with Crippen molar-refractivity contribution >= 4 is 17.4 Å². The minimum atomic E-state index is -0.140. The summed E-state index contributed by atoms with van der Waals surface area (Å²) >= 11 is 0. The van der Waals surface area contributed by atoms with Gasteiger partial charge in [0.05, 0.1) is 23.1 Å². The lowest BCUT2D eigenvalue weighted by Crippen LogP contribution is -2.19. The van der Waals surface area contributed by atoms with Crippen molar-refractivity contribution in [1.29, 1.82) is 0 Å². The Morgan fingerprint density at radius 1 is 1.23 bits per heavy atom. The van der Waals surface area contributed by atoms with E-state index in [-0.39, 0.29) is 5.91 Å². The zero-order valence-electron chi connectivity index (χ0n) is 13.3. The van der Waals surface area contributed by atoms with Gasteiger partial charge in [-0.15, -0.1) is 0 Å². The molecule has 1 fully saturated rings. The van der Waals surface area contributed by atoms with Gasteiger partial charge in [-0.1, -0.05) is 0 Å². The van der Waals surface area contributed by atoms with Crippen LogP contribution in [0.5, 0.6) is 0 Å². The highest BCUT2D eigenvalue weighted by atomic mass is 16.1. The van der Waals surface area contributed by atoms with Gasteiger partial charge in [0.15, 0.2) is 0 Å². The number of carbonyl (C=O) groups is 1. The predicted octanol–water partition coefficient (Wildman–Crippen LogP) is 2.28. The molecule has 2 aromatic rings. The fraction of sp³-hybridized carbons (Fsp3) is 0.438. The molecule has 0 aliphatic carbocycles. The van der Waals surface area contributed by atoms with E-state index in [2.05, 4.69) is 20.3 Å². The van der Waals surface area contributed by atoms with E-state index in [4.69, 9.17) is 0 Å². The number of nitrogens with zero attached hydrogens (tertiary/aromatic N) is 4. The van der Waals surface area contributed by atoms with Crippen molar-refractivity contribution in [1.82, 2.24) is 14.8 Å². The van der Waals surface area contributed by atoms with Crippen LogP contribution >= 0.6 is 0 Å². The fourth-order valence-electron chi connectivity index (χ4n) is 2.89. The van der Waals surface area contributed by atoms with Crippen LogP contribution in [0.25, 0.3) is 0 Å². The van der Waals surface area contributed by atoms with Gasteiger partial charge in [-0.25, -0.2) is 4.98 Å². The molecular weight excluding hydrogens is 278 g/mol. The molecule has 0 bridgehead atoms. The molecule has 6 nitrogen and oxygen atoms in total. The van der Waals surface area contributed by atoms with Crippen LogP contribution in [-0.2, 0) is 7.05 Å². The summed E-state index contributed by atoms with van der Waals surface area (Å²) in [5.41, 5.74) is 2.93. The molecule has 3 rings (SSSR count). The molecule has 1 aliphatic rings. The highest BCUT2D eigenvalue weighted by Crippen LogP contribution is 2.20. The average Bonchev–Trinajstić information content (AvgIpc) is 3.09. The Bertz CT molecular complexity index is 683. The van der Waals surface area contributed by atoms with E-state index in [1.165, 1.54) is 12.8 Å². The maximum atomic E-state index is 12.4. The van der Waals surface area contributed by atoms with Crippen molar-refractivity contribution in [2.24, 2.45) is 7.05 Å². The fourth-order valence-corrected chi connectivity index (χ4v) is 2.89. The van der Waals surface area contributed by atoms with E-state index in [0.29, 0.717) is 11.3 Å². The topological polar surface area (TPSA) is 63.1 Å². The highest BCUT2D eigenvalue weighted by Gasteiger charge is 2.18. The summed E-state index contributed by atoms with van der Waals surface area (Å²) in [6.07, 6.45) is 4.16. The van der Waals surface area contributed by atoms with Crippen LogP contribution < -0.4 is 10.2 Å². The second-order valence-corrected chi connectivity index (χ2v) is 5.72. The van der Waals surface area contributed by atoms with Crippen molar-refractivity contribution in [3.8, 4) is 0 Å². The van der Waals surface area contributed by atoms with Gasteiger partial charge in [0.2, 0.25) is 0 Å². The van der Waals surface area contributed by atoms with Gasteiger partial charge in [0.25, 0.3) is 5.91 Å². The monoisotopic (exact) mass is 299 g/mol. The first-order valence-electron chi connectivity index (χ1n) is 7.59. The lowest BCUT2D eigenvalue weighted by atomic mass is 10.2. The molecule has 1 amide bonds. The number of carbonyl (C=O) groups excluding carboxylic acids is 1. The number of pyridine rings is 1. The zero-order valence-corrected chi connectivity index (χ0v) is 13.3. The van der Waals surface area contributed by atoms with Crippen LogP contribution in [0.3, 0.4) is 0 Å². The van der Waals surface area contributed by atoms with Crippen LogP contribution in [0.1, 0.15) is 34.6 Å². The second kappa shape index (κ2) is 5.79. The van der Waals surface area contributed by atoms with Gasteiger partial charge in [-0.2, -0.15) is 5.10 Å². The highest BCUT2D eigenvalue weighted by molar-refractivity contribution is 6.05. The summed E-state index contributed by atoms with van der Waals surface area (Å²) in [5.74, 6) is 0.836. The van der Waals surface area contributed by atoms with Gasteiger partial charge >= 0.3 is 0 Å². The van der Waals surface area contributed by atoms with E-state index >= 15 is 0 Å². The molecule has 22 heavy (non-hydrogen) atoms. The molecule has 0 atom stereocenters. The summed E-state index contributed by atoms with van der Waals surface area (Å²) in [4.78, 5) is 19.1. The first kappa shape index (κ1) is 14.6. The van der Waals surface area contributed by atoms with Gasteiger partial charge < -0.3 is 10.2 Å². The van der Waals surface area contributed by atoms with Gasteiger partial charge in [-0.05, 0) is 38.8 Å².